The maximum absolute atomic E-state index is 11.6. The molecule has 84 valence electrons. The first-order valence-electron chi connectivity index (χ1n) is 4.59. The van der Waals surface area contributed by atoms with Crippen molar-refractivity contribution in [3.63, 3.8) is 0 Å². The second-order valence-electron chi connectivity index (χ2n) is 3.96. The summed E-state index contributed by atoms with van der Waals surface area (Å²) in [5.74, 6) is -0.123. The van der Waals surface area contributed by atoms with Crippen LogP contribution < -0.4 is 5.32 Å². The van der Waals surface area contributed by atoms with Crippen LogP contribution in [-0.4, -0.2) is 22.7 Å². The Hall–Kier alpha value is -0.810. The van der Waals surface area contributed by atoms with E-state index in [1.165, 1.54) is 0 Å². The molecule has 1 amide bonds. The number of amides is 1. The van der Waals surface area contributed by atoms with E-state index < -0.39 is 11.6 Å². The molecule has 0 fully saturated rings. The highest BCUT2D eigenvalue weighted by Crippen LogP contribution is 2.15. The van der Waals surface area contributed by atoms with Gasteiger partial charge in [-0.1, -0.05) is 0 Å². The maximum Gasteiger partial charge on any atom is 0.287 e. The maximum atomic E-state index is 11.6. The second kappa shape index (κ2) is 4.37. The predicted octanol–water partition coefficient (Wildman–Crippen LogP) is 1.93. The minimum atomic E-state index is -0.684. The standard InChI is InChI=1S/C10H14BrNO3/c1-6(13)10(2,3)12-9(14)7-4-5-8(11)15-7/h4-6,13H,1-3H3,(H,12,14). The van der Waals surface area contributed by atoms with Gasteiger partial charge in [-0.3, -0.25) is 4.79 Å². The lowest BCUT2D eigenvalue weighted by Gasteiger charge is -2.28. The molecule has 1 atom stereocenters. The van der Waals surface area contributed by atoms with Crippen molar-refractivity contribution in [3.8, 4) is 0 Å². The van der Waals surface area contributed by atoms with Crippen LogP contribution in [0.4, 0.5) is 0 Å². The van der Waals surface area contributed by atoms with Gasteiger partial charge >= 0.3 is 0 Å². The molecule has 1 heterocycles. The molecule has 0 saturated heterocycles. The van der Waals surface area contributed by atoms with Gasteiger partial charge in [0.05, 0.1) is 11.6 Å². The van der Waals surface area contributed by atoms with Gasteiger partial charge in [-0.2, -0.15) is 0 Å². The van der Waals surface area contributed by atoms with Gasteiger partial charge < -0.3 is 14.8 Å². The van der Waals surface area contributed by atoms with Crippen LogP contribution >= 0.6 is 15.9 Å². The van der Waals surface area contributed by atoms with Crippen molar-refractivity contribution in [1.29, 1.82) is 0 Å². The largest absolute Gasteiger partial charge is 0.444 e. The Bertz CT molecular complexity index is 357. The SMILES string of the molecule is CC(O)C(C)(C)NC(=O)c1ccc(Br)o1. The first-order chi connectivity index (χ1) is 6.83. The molecule has 5 heteroatoms. The van der Waals surface area contributed by atoms with E-state index in [-0.39, 0.29) is 11.7 Å². The van der Waals surface area contributed by atoms with Gasteiger partial charge in [-0.05, 0) is 48.8 Å². The molecule has 1 unspecified atom stereocenters. The van der Waals surface area contributed by atoms with E-state index >= 15 is 0 Å². The Morgan fingerprint density at radius 1 is 1.60 bits per heavy atom. The Morgan fingerprint density at radius 2 is 2.20 bits per heavy atom. The van der Waals surface area contributed by atoms with Crippen molar-refractivity contribution >= 4 is 21.8 Å². The van der Waals surface area contributed by atoms with Crippen molar-refractivity contribution in [2.75, 3.05) is 0 Å². The van der Waals surface area contributed by atoms with Crippen molar-refractivity contribution in [2.45, 2.75) is 32.4 Å². The fourth-order valence-electron chi connectivity index (χ4n) is 0.895. The Kier molecular flexibility index (Phi) is 3.57. The van der Waals surface area contributed by atoms with E-state index in [9.17, 15) is 9.90 Å². The fourth-order valence-corrected chi connectivity index (χ4v) is 1.20. The molecule has 0 aromatic carbocycles. The van der Waals surface area contributed by atoms with Crippen LogP contribution in [0.5, 0.6) is 0 Å². The molecule has 1 aromatic heterocycles. The van der Waals surface area contributed by atoms with E-state index in [0.717, 1.165) is 0 Å². The zero-order chi connectivity index (χ0) is 11.6. The first-order valence-corrected chi connectivity index (χ1v) is 5.38. The van der Waals surface area contributed by atoms with Crippen LogP contribution in [-0.2, 0) is 0 Å². The van der Waals surface area contributed by atoms with E-state index in [4.69, 9.17) is 4.42 Å². The Balaban J connectivity index is 2.72. The summed E-state index contributed by atoms with van der Waals surface area (Å²) in [5.41, 5.74) is -0.684. The third-order valence-electron chi connectivity index (χ3n) is 2.28. The topological polar surface area (TPSA) is 62.5 Å². The number of nitrogens with one attached hydrogen (secondary N) is 1. The highest BCUT2D eigenvalue weighted by molar-refractivity contribution is 9.10. The van der Waals surface area contributed by atoms with Crippen molar-refractivity contribution in [1.82, 2.24) is 5.32 Å². The molecule has 0 aliphatic rings. The molecule has 0 spiro atoms. The molecule has 15 heavy (non-hydrogen) atoms. The summed E-state index contributed by atoms with van der Waals surface area (Å²) in [6, 6.07) is 3.21. The van der Waals surface area contributed by atoms with Crippen LogP contribution in [0, 0.1) is 0 Å². The van der Waals surface area contributed by atoms with E-state index in [2.05, 4.69) is 21.2 Å². The van der Waals surface area contributed by atoms with Crippen LogP contribution in [0.1, 0.15) is 31.3 Å². The molecule has 1 rings (SSSR count). The van der Waals surface area contributed by atoms with Crippen molar-refractivity contribution in [3.05, 3.63) is 22.6 Å². The van der Waals surface area contributed by atoms with Crippen molar-refractivity contribution < 1.29 is 14.3 Å². The van der Waals surface area contributed by atoms with Crippen molar-refractivity contribution in [2.24, 2.45) is 0 Å². The normalized spacial score (nSPS) is 13.7. The monoisotopic (exact) mass is 275 g/mol. The molecular formula is C10H14BrNO3. The minimum Gasteiger partial charge on any atom is -0.444 e. The zero-order valence-corrected chi connectivity index (χ0v) is 10.5. The third-order valence-corrected chi connectivity index (χ3v) is 2.70. The number of hydrogen-bond acceptors (Lipinski definition) is 3. The summed E-state index contributed by atoms with van der Waals surface area (Å²) in [6.07, 6.45) is -0.639. The summed E-state index contributed by atoms with van der Waals surface area (Å²) in [4.78, 5) is 11.6. The van der Waals surface area contributed by atoms with Gasteiger partial charge in [0, 0.05) is 0 Å². The number of hydrogen-bond donors (Lipinski definition) is 2. The quantitative estimate of drug-likeness (QED) is 0.886. The highest BCUT2D eigenvalue weighted by atomic mass is 79.9. The summed E-state index contributed by atoms with van der Waals surface area (Å²) in [5, 5.41) is 12.1. The zero-order valence-electron chi connectivity index (χ0n) is 8.87. The summed E-state index contributed by atoms with van der Waals surface area (Å²) in [7, 11) is 0. The molecule has 0 aliphatic carbocycles. The number of furan rings is 1. The van der Waals surface area contributed by atoms with E-state index in [0.29, 0.717) is 4.67 Å². The smallest absolute Gasteiger partial charge is 0.287 e. The fraction of sp³-hybridized carbons (Fsp3) is 0.500. The van der Waals surface area contributed by atoms with Gasteiger partial charge in [-0.25, -0.2) is 0 Å². The van der Waals surface area contributed by atoms with Gasteiger partial charge in [-0.15, -0.1) is 0 Å². The lowest BCUT2D eigenvalue weighted by atomic mass is 9.99. The molecule has 4 nitrogen and oxygen atoms in total. The molecule has 1 aromatic rings. The number of aliphatic hydroxyl groups excluding tert-OH is 1. The number of carbonyl (C=O) groups is 1. The van der Waals surface area contributed by atoms with Gasteiger partial charge in [0.2, 0.25) is 0 Å². The lowest BCUT2D eigenvalue weighted by molar-refractivity contribution is 0.0686. The van der Waals surface area contributed by atoms with Crippen LogP contribution in [0.2, 0.25) is 0 Å². The third kappa shape index (κ3) is 3.07. The van der Waals surface area contributed by atoms with Crippen LogP contribution in [0.3, 0.4) is 0 Å². The Labute approximate surface area is 96.8 Å². The molecule has 2 N–H and O–H groups in total. The predicted molar refractivity (Wildman–Crippen MR) is 59.6 cm³/mol. The second-order valence-corrected chi connectivity index (χ2v) is 4.74. The minimum absolute atomic E-state index is 0.218. The first kappa shape index (κ1) is 12.3. The van der Waals surface area contributed by atoms with Crippen LogP contribution in [0.15, 0.2) is 21.2 Å². The Morgan fingerprint density at radius 3 is 2.60 bits per heavy atom. The molecule has 0 radical (unpaired) electrons. The van der Waals surface area contributed by atoms with Gasteiger partial charge in [0.1, 0.15) is 0 Å². The number of aliphatic hydroxyl groups is 1. The summed E-state index contributed by atoms with van der Waals surface area (Å²) >= 11 is 3.11. The molecule has 0 bridgehead atoms. The molecule has 0 saturated carbocycles. The number of halogens is 1. The lowest BCUT2D eigenvalue weighted by Crippen LogP contribution is -2.50. The summed E-state index contributed by atoms with van der Waals surface area (Å²) < 4.78 is 5.60. The van der Waals surface area contributed by atoms with Crippen LogP contribution in [0.25, 0.3) is 0 Å². The van der Waals surface area contributed by atoms with E-state index in [1.54, 1.807) is 32.9 Å². The summed E-state index contributed by atoms with van der Waals surface area (Å²) in [6.45, 7) is 5.11. The average Bonchev–Trinajstić information content (AvgIpc) is 2.50. The number of carbonyl (C=O) groups excluding carboxylic acids is 1. The van der Waals surface area contributed by atoms with Gasteiger partial charge in [0.25, 0.3) is 5.91 Å². The molecular weight excluding hydrogens is 262 g/mol. The van der Waals surface area contributed by atoms with E-state index in [1.807, 2.05) is 0 Å². The van der Waals surface area contributed by atoms with Gasteiger partial charge in [0.15, 0.2) is 10.4 Å². The number of rotatable bonds is 3. The highest BCUT2D eigenvalue weighted by Gasteiger charge is 2.27. The average molecular weight is 276 g/mol. The molecule has 0 aliphatic heterocycles.